The van der Waals surface area contributed by atoms with Gasteiger partial charge in [0.2, 0.25) is 0 Å². The van der Waals surface area contributed by atoms with Crippen molar-refractivity contribution in [1.29, 1.82) is 0 Å². The van der Waals surface area contributed by atoms with Crippen LogP contribution in [0.1, 0.15) is 16.7 Å². The number of carboxylic acid groups (broad SMARTS) is 1. The number of amides is 1. The van der Waals surface area contributed by atoms with Gasteiger partial charge < -0.3 is 14.9 Å². The number of carbonyl (C=O) groups is 2. The van der Waals surface area contributed by atoms with E-state index in [1.165, 1.54) is 6.21 Å². The van der Waals surface area contributed by atoms with E-state index < -0.39 is 24.1 Å². The first-order valence-electron chi connectivity index (χ1n) is 9.12. The molecule has 0 saturated heterocycles. The predicted octanol–water partition coefficient (Wildman–Crippen LogP) is 2.54. The number of carboxylic acids is 1. The lowest BCUT2D eigenvalue weighted by molar-refractivity contribution is -0.139. The monoisotopic (exact) mass is 404 g/mol. The second-order valence-corrected chi connectivity index (χ2v) is 6.36. The Bertz CT molecular complexity index is 996. The van der Waals surface area contributed by atoms with Gasteiger partial charge in [0, 0.05) is 5.56 Å². The third kappa shape index (κ3) is 4.71. The molecule has 30 heavy (non-hydrogen) atoms. The quantitative estimate of drug-likeness (QED) is 0.395. The minimum Gasteiger partial charge on any atom is -0.481 e. The first-order valence-corrected chi connectivity index (χ1v) is 9.12. The maximum atomic E-state index is 13.0. The van der Waals surface area contributed by atoms with E-state index in [1.807, 2.05) is 0 Å². The average molecular weight is 404 g/mol. The summed E-state index contributed by atoms with van der Waals surface area (Å²) in [5, 5.41) is 24.1. The molecule has 0 atom stereocenters. The van der Waals surface area contributed by atoms with Crippen LogP contribution in [-0.4, -0.2) is 34.9 Å². The highest BCUT2D eigenvalue weighted by Gasteiger charge is 2.39. The molecule has 1 amide bonds. The molecule has 0 heterocycles. The topological polar surface area (TPSA) is 108 Å². The van der Waals surface area contributed by atoms with E-state index >= 15 is 0 Å². The van der Waals surface area contributed by atoms with Gasteiger partial charge in [0.15, 0.2) is 12.2 Å². The molecule has 7 nitrogen and oxygen atoms in total. The number of para-hydroxylation sites is 1. The Balaban J connectivity index is 1.84. The summed E-state index contributed by atoms with van der Waals surface area (Å²) >= 11 is 0. The van der Waals surface area contributed by atoms with Gasteiger partial charge in [0.25, 0.3) is 5.91 Å². The smallest absolute Gasteiger partial charge is 0.341 e. The number of hydrogen-bond donors (Lipinski definition) is 3. The zero-order valence-corrected chi connectivity index (χ0v) is 15.9. The summed E-state index contributed by atoms with van der Waals surface area (Å²) in [5.74, 6) is -1.54. The number of rotatable bonds is 8. The van der Waals surface area contributed by atoms with E-state index in [1.54, 1.807) is 84.9 Å². The Hall–Kier alpha value is -3.97. The second kappa shape index (κ2) is 9.49. The molecule has 3 N–H and O–H groups in total. The first-order chi connectivity index (χ1) is 14.5. The minimum atomic E-state index is -1.95. The van der Waals surface area contributed by atoms with E-state index in [9.17, 15) is 14.7 Å². The number of hydrazone groups is 1. The Morgan fingerprint density at radius 1 is 0.900 bits per heavy atom. The minimum absolute atomic E-state index is 0.305. The van der Waals surface area contributed by atoms with Crippen LogP contribution < -0.4 is 10.2 Å². The highest BCUT2D eigenvalue weighted by Crippen LogP contribution is 2.29. The van der Waals surface area contributed by atoms with Crippen LogP contribution in [-0.2, 0) is 15.2 Å². The van der Waals surface area contributed by atoms with Gasteiger partial charge in [-0.2, -0.15) is 5.10 Å². The molecule has 0 aliphatic carbocycles. The Morgan fingerprint density at radius 3 is 2.00 bits per heavy atom. The lowest BCUT2D eigenvalue weighted by Crippen LogP contribution is -2.43. The highest BCUT2D eigenvalue weighted by molar-refractivity contribution is 5.91. The van der Waals surface area contributed by atoms with E-state index in [4.69, 9.17) is 9.84 Å². The molecule has 7 heteroatoms. The maximum absolute atomic E-state index is 13.0. The van der Waals surface area contributed by atoms with E-state index in [-0.39, 0.29) is 0 Å². The molecular formula is C23H20N2O5. The zero-order valence-electron chi connectivity index (χ0n) is 15.9. The van der Waals surface area contributed by atoms with Gasteiger partial charge in [0.1, 0.15) is 5.75 Å². The largest absolute Gasteiger partial charge is 0.481 e. The molecule has 0 radical (unpaired) electrons. The Labute approximate surface area is 173 Å². The average Bonchev–Trinajstić information content (AvgIpc) is 2.79. The molecule has 3 aromatic carbocycles. The zero-order chi connectivity index (χ0) is 21.4. The lowest BCUT2D eigenvalue weighted by Gasteiger charge is -2.27. The van der Waals surface area contributed by atoms with Crippen molar-refractivity contribution in [2.24, 2.45) is 5.10 Å². The van der Waals surface area contributed by atoms with E-state index in [0.29, 0.717) is 22.4 Å². The maximum Gasteiger partial charge on any atom is 0.341 e. The molecule has 3 aromatic rings. The number of carbonyl (C=O) groups excluding carboxylic acids is 1. The molecule has 152 valence electrons. The van der Waals surface area contributed by atoms with Crippen LogP contribution in [0.15, 0.2) is 90.0 Å². The SMILES string of the molecule is O=C(O)COc1ccccc1/C=N\NC(=O)C(O)(c1ccccc1)c1ccccc1. The predicted molar refractivity (Wildman–Crippen MR) is 111 cm³/mol. The molecule has 0 aliphatic rings. The molecule has 3 rings (SSSR count). The van der Waals surface area contributed by atoms with Crippen molar-refractivity contribution in [2.45, 2.75) is 5.60 Å². The van der Waals surface area contributed by atoms with Crippen molar-refractivity contribution >= 4 is 18.1 Å². The number of ether oxygens (including phenoxy) is 1. The third-order valence-electron chi connectivity index (χ3n) is 4.35. The van der Waals surface area contributed by atoms with Crippen molar-refractivity contribution in [3.05, 3.63) is 102 Å². The van der Waals surface area contributed by atoms with Crippen LogP contribution in [0.2, 0.25) is 0 Å². The summed E-state index contributed by atoms with van der Waals surface area (Å²) in [7, 11) is 0. The van der Waals surface area contributed by atoms with Gasteiger partial charge in [-0.15, -0.1) is 0 Å². The summed E-state index contributed by atoms with van der Waals surface area (Å²) in [6.45, 7) is -0.501. The number of nitrogens with zero attached hydrogens (tertiary/aromatic N) is 1. The molecule has 0 spiro atoms. The molecular weight excluding hydrogens is 384 g/mol. The molecule has 0 saturated carbocycles. The van der Waals surface area contributed by atoms with Crippen LogP contribution in [0.4, 0.5) is 0 Å². The number of aliphatic carboxylic acids is 1. The van der Waals surface area contributed by atoms with Crippen molar-refractivity contribution in [2.75, 3.05) is 6.61 Å². The summed E-state index contributed by atoms with van der Waals surface area (Å²) in [4.78, 5) is 23.7. The first kappa shape index (κ1) is 20.8. The van der Waals surface area contributed by atoms with E-state index in [0.717, 1.165) is 0 Å². The molecule has 0 unspecified atom stereocenters. The molecule has 0 fully saturated rings. The van der Waals surface area contributed by atoms with Crippen molar-refractivity contribution in [3.8, 4) is 5.75 Å². The fourth-order valence-electron chi connectivity index (χ4n) is 2.89. The van der Waals surface area contributed by atoms with Crippen LogP contribution in [0, 0.1) is 0 Å². The lowest BCUT2D eigenvalue weighted by atomic mass is 9.85. The second-order valence-electron chi connectivity index (χ2n) is 6.36. The summed E-state index contributed by atoms with van der Waals surface area (Å²) in [6.07, 6.45) is 1.32. The molecule has 0 bridgehead atoms. The van der Waals surface area contributed by atoms with Gasteiger partial charge in [0.05, 0.1) is 6.21 Å². The standard InChI is InChI=1S/C23H20N2O5/c26-21(27)16-30-20-14-8-7-9-17(20)15-24-25-22(28)23(29,18-10-3-1-4-11-18)19-12-5-2-6-13-19/h1-15,29H,16H2,(H,25,28)(H,26,27)/b24-15-. The van der Waals surface area contributed by atoms with Crippen molar-refractivity contribution in [1.82, 2.24) is 5.43 Å². The Kier molecular flexibility index (Phi) is 6.56. The van der Waals surface area contributed by atoms with Crippen molar-refractivity contribution < 1.29 is 24.5 Å². The molecule has 0 aliphatic heterocycles. The number of benzene rings is 3. The van der Waals surface area contributed by atoms with Crippen LogP contribution >= 0.6 is 0 Å². The summed E-state index contributed by atoms with van der Waals surface area (Å²) < 4.78 is 5.21. The summed E-state index contributed by atoms with van der Waals surface area (Å²) in [5.41, 5.74) is 1.69. The van der Waals surface area contributed by atoms with Gasteiger partial charge in [-0.25, -0.2) is 10.2 Å². The fraction of sp³-hybridized carbons (Fsp3) is 0.0870. The summed E-state index contributed by atoms with van der Waals surface area (Å²) in [6, 6.07) is 23.8. The van der Waals surface area contributed by atoms with Gasteiger partial charge >= 0.3 is 5.97 Å². The third-order valence-corrected chi connectivity index (χ3v) is 4.35. The number of hydrogen-bond acceptors (Lipinski definition) is 5. The van der Waals surface area contributed by atoms with E-state index in [2.05, 4.69) is 10.5 Å². The van der Waals surface area contributed by atoms with Gasteiger partial charge in [-0.1, -0.05) is 72.8 Å². The van der Waals surface area contributed by atoms with Crippen LogP contribution in [0.5, 0.6) is 5.75 Å². The Morgan fingerprint density at radius 2 is 1.43 bits per heavy atom. The highest BCUT2D eigenvalue weighted by atomic mass is 16.5. The number of aliphatic hydroxyl groups is 1. The number of nitrogens with one attached hydrogen (secondary N) is 1. The van der Waals surface area contributed by atoms with Gasteiger partial charge in [-0.05, 0) is 23.3 Å². The fourth-order valence-corrected chi connectivity index (χ4v) is 2.89. The van der Waals surface area contributed by atoms with Crippen LogP contribution in [0.25, 0.3) is 0 Å². The van der Waals surface area contributed by atoms with Crippen LogP contribution in [0.3, 0.4) is 0 Å². The van der Waals surface area contributed by atoms with Crippen molar-refractivity contribution in [3.63, 3.8) is 0 Å². The van der Waals surface area contributed by atoms with Gasteiger partial charge in [-0.3, -0.25) is 4.79 Å². The normalized spacial score (nSPS) is 11.2. The molecule has 0 aromatic heterocycles.